The number of carboxylic acid groups (broad SMARTS) is 1. The Morgan fingerprint density at radius 1 is 1.13 bits per heavy atom. The number of hydrogen-bond acceptors (Lipinski definition) is 4. The van der Waals surface area contributed by atoms with Crippen molar-refractivity contribution < 1.29 is 61.2 Å². The molecule has 0 aromatic heterocycles. The molecule has 0 saturated heterocycles. The molecule has 9 heteroatoms. The van der Waals surface area contributed by atoms with E-state index in [1.807, 2.05) is 30.3 Å². The van der Waals surface area contributed by atoms with Crippen LogP contribution >= 0.6 is 0 Å². The summed E-state index contributed by atoms with van der Waals surface area (Å²) in [5.74, 6) is -1.86. The van der Waals surface area contributed by atoms with E-state index in [0.717, 1.165) is 10.8 Å². The van der Waals surface area contributed by atoms with E-state index in [-0.39, 0.29) is 29.6 Å². The van der Waals surface area contributed by atoms with Gasteiger partial charge in [0.1, 0.15) is 0 Å². The molecule has 5 nitrogen and oxygen atoms in total. The molecule has 0 heterocycles. The molecule has 0 atom stereocenters. The predicted octanol–water partition coefficient (Wildman–Crippen LogP) is -0.271. The molecule has 0 saturated carbocycles. The van der Waals surface area contributed by atoms with Gasteiger partial charge < -0.3 is 9.66 Å². The summed E-state index contributed by atoms with van der Waals surface area (Å²) in [6.07, 6.45) is -3.58. The van der Waals surface area contributed by atoms with Crippen LogP contribution in [0.1, 0.15) is 16.8 Å². The number of carboxylic acids is 1. The quantitative estimate of drug-likeness (QED) is 0.602. The van der Waals surface area contributed by atoms with E-state index in [2.05, 4.69) is 0 Å². The average Bonchev–Trinajstić information content (AvgIpc) is 2.44. The minimum atomic E-state index is -4.45. The van der Waals surface area contributed by atoms with Crippen LogP contribution in [0.25, 0.3) is 10.8 Å². The van der Waals surface area contributed by atoms with Crippen molar-refractivity contribution in [2.24, 2.45) is 0 Å². The van der Waals surface area contributed by atoms with Crippen LogP contribution in [0.15, 0.2) is 42.5 Å². The Balaban J connectivity index is 0.000000434. The van der Waals surface area contributed by atoms with Gasteiger partial charge in [0.2, 0.25) is 6.43 Å². The van der Waals surface area contributed by atoms with E-state index in [1.54, 1.807) is 12.1 Å². The molecular weight excluding hydrogens is 341 g/mol. The summed E-state index contributed by atoms with van der Waals surface area (Å²) in [5, 5.41) is 10.6. The third kappa shape index (κ3) is 8.38. The first-order valence-electron chi connectivity index (χ1n) is 6.13. The first-order valence-corrected chi connectivity index (χ1v) is 7.71. The molecule has 0 fully saturated rings. The second kappa shape index (κ2) is 9.94. The number of alkyl halides is 2. The molecule has 0 unspecified atom stereocenters. The fraction of sp³-hybridized carbons (Fsp3) is 0.214. The summed E-state index contributed by atoms with van der Waals surface area (Å²) in [6.45, 7) is 0. The molecule has 0 radical (unpaired) electrons. The van der Waals surface area contributed by atoms with Gasteiger partial charge in [-0.1, -0.05) is 36.4 Å². The smallest absolute Gasteiger partial charge is 0.748 e. The zero-order chi connectivity index (χ0) is 16.8. The number of aromatic carboxylic acids is 1. The maximum Gasteiger partial charge on any atom is 1.00 e. The standard InChI is InChI=1S/C11H8O2.C3H6F2O3S.Na/c12-11(13)10-7-3-5-8-4-1-2-6-9(8)10;4-3(5)1-2-9(6,7)8;/h1-7H,(H,12,13);3H,1-2H2,(H,6,7,8);/q;;+1/p-1. The van der Waals surface area contributed by atoms with Gasteiger partial charge in [-0.25, -0.2) is 22.0 Å². The fourth-order valence-electron chi connectivity index (χ4n) is 1.65. The summed E-state index contributed by atoms with van der Waals surface area (Å²) >= 11 is 0. The van der Waals surface area contributed by atoms with Gasteiger partial charge in [-0.3, -0.25) is 0 Å². The topological polar surface area (TPSA) is 94.5 Å². The third-order valence-corrected chi connectivity index (χ3v) is 3.34. The van der Waals surface area contributed by atoms with E-state index < -0.39 is 34.7 Å². The Morgan fingerprint density at radius 2 is 1.70 bits per heavy atom. The summed E-state index contributed by atoms with van der Waals surface area (Å²) < 4.78 is 51.3. The second-order valence-corrected chi connectivity index (χ2v) is 5.80. The van der Waals surface area contributed by atoms with Crippen LogP contribution in [-0.2, 0) is 10.1 Å². The molecule has 0 aliphatic heterocycles. The normalized spacial score (nSPS) is 10.6. The fourth-order valence-corrected chi connectivity index (χ4v) is 2.11. The molecule has 0 bridgehead atoms. The van der Waals surface area contributed by atoms with Crippen LogP contribution in [-0.4, -0.2) is 36.2 Å². The number of rotatable bonds is 4. The van der Waals surface area contributed by atoms with Gasteiger partial charge in [0, 0.05) is 12.2 Å². The van der Waals surface area contributed by atoms with Crippen LogP contribution < -0.4 is 29.6 Å². The second-order valence-electron chi connectivity index (χ2n) is 4.27. The predicted molar refractivity (Wildman–Crippen MR) is 76.1 cm³/mol. The largest absolute Gasteiger partial charge is 1.00 e. The van der Waals surface area contributed by atoms with Gasteiger partial charge in [-0.05, 0) is 16.8 Å². The van der Waals surface area contributed by atoms with Crippen LogP contribution in [0.5, 0.6) is 0 Å². The molecule has 0 spiro atoms. The summed E-state index contributed by atoms with van der Waals surface area (Å²) in [6, 6.07) is 12.7. The van der Waals surface area contributed by atoms with E-state index >= 15 is 0 Å². The number of fused-ring (bicyclic) bond motifs is 1. The van der Waals surface area contributed by atoms with Crippen molar-refractivity contribution in [3.05, 3.63) is 48.0 Å². The molecule has 2 aromatic carbocycles. The Hall–Kier alpha value is -1.06. The van der Waals surface area contributed by atoms with Gasteiger partial charge in [-0.15, -0.1) is 0 Å². The number of halogens is 2. The zero-order valence-corrected chi connectivity index (χ0v) is 15.1. The van der Waals surface area contributed by atoms with Gasteiger partial charge in [0.15, 0.2) is 0 Å². The van der Waals surface area contributed by atoms with E-state index in [1.165, 1.54) is 0 Å². The summed E-state index contributed by atoms with van der Waals surface area (Å²) in [5.41, 5.74) is 0.359. The van der Waals surface area contributed by atoms with Crippen LogP contribution in [0.2, 0.25) is 0 Å². The van der Waals surface area contributed by atoms with Crippen molar-refractivity contribution in [2.75, 3.05) is 5.75 Å². The Morgan fingerprint density at radius 3 is 2.17 bits per heavy atom. The average molecular weight is 354 g/mol. The van der Waals surface area contributed by atoms with Gasteiger partial charge in [0.25, 0.3) is 0 Å². The maximum atomic E-state index is 11.2. The summed E-state index contributed by atoms with van der Waals surface area (Å²) in [4.78, 5) is 10.8. The molecule has 2 aromatic rings. The molecule has 0 aliphatic rings. The van der Waals surface area contributed by atoms with Gasteiger partial charge in [0.05, 0.1) is 15.7 Å². The van der Waals surface area contributed by atoms with E-state index in [0.29, 0.717) is 5.56 Å². The maximum absolute atomic E-state index is 11.2. The molecular formula is C14H13F2NaO5S. The Kier molecular flexibility index (Phi) is 9.48. The van der Waals surface area contributed by atoms with Gasteiger partial charge >= 0.3 is 35.5 Å². The van der Waals surface area contributed by atoms with Crippen molar-refractivity contribution in [1.29, 1.82) is 0 Å². The van der Waals surface area contributed by atoms with Crippen molar-refractivity contribution in [1.82, 2.24) is 0 Å². The van der Waals surface area contributed by atoms with Crippen molar-refractivity contribution >= 4 is 26.9 Å². The number of carbonyl (C=O) groups is 1. The molecule has 1 N–H and O–H groups in total. The van der Waals surface area contributed by atoms with Crippen LogP contribution in [0.4, 0.5) is 8.78 Å². The van der Waals surface area contributed by atoms with Crippen molar-refractivity contribution in [3.8, 4) is 0 Å². The van der Waals surface area contributed by atoms with E-state index in [4.69, 9.17) is 5.11 Å². The first kappa shape index (κ1) is 21.9. The number of benzene rings is 2. The molecule has 2 rings (SSSR count). The molecule has 0 amide bonds. The Labute approximate surface area is 154 Å². The number of hydrogen-bond donors (Lipinski definition) is 1. The summed E-state index contributed by atoms with van der Waals surface area (Å²) in [7, 11) is -4.45. The monoisotopic (exact) mass is 354 g/mol. The van der Waals surface area contributed by atoms with Gasteiger partial charge in [-0.2, -0.15) is 0 Å². The van der Waals surface area contributed by atoms with E-state index in [9.17, 15) is 26.5 Å². The first-order chi connectivity index (χ1) is 10.2. The minimum Gasteiger partial charge on any atom is -0.748 e. The van der Waals surface area contributed by atoms with Crippen LogP contribution in [0.3, 0.4) is 0 Å². The SMILES string of the molecule is O=C(O)c1cccc2ccccc12.O=S(=O)([O-])CCC(F)F.[Na+]. The molecule has 23 heavy (non-hydrogen) atoms. The zero-order valence-electron chi connectivity index (χ0n) is 12.3. The minimum absolute atomic E-state index is 0. The van der Waals surface area contributed by atoms with Crippen LogP contribution in [0, 0.1) is 0 Å². The third-order valence-electron chi connectivity index (χ3n) is 2.61. The van der Waals surface area contributed by atoms with Crippen molar-refractivity contribution in [3.63, 3.8) is 0 Å². The molecule has 120 valence electrons. The van der Waals surface area contributed by atoms with Crippen molar-refractivity contribution in [2.45, 2.75) is 12.8 Å². The molecule has 0 aliphatic carbocycles. The Bertz CT molecular complexity index is 744.